The van der Waals surface area contributed by atoms with Crippen LogP contribution in [0.1, 0.15) is 21.6 Å². The Labute approximate surface area is 240 Å². The van der Waals surface area contributed by atoms with Crippen LogP contribution in [-0.4, -0.2) is 81.4 Å². The van der Waals surface area contributed by atoms with Gasteiger partial charge in [-0.2, -0.15) is 5.10 Å². The molecular weight excluding hydrogens is 545 g/mol. The van der Waals surface area contributed by atoms with Crippen molar-refractivity contribution >= 4 is 28.5 Å². The van der Waals surface area contributed by atoms with Crippen LogP contribution in [-0.2, 0) is 17.6 Å². The molecule has 210 valence electrons. The number of hydrogen-bond acceptors (Lipinski definition) is 8. The number of thiazole rings is 1. The van der Waals surface area contributed by atoms with E-state index < -0.39 is 11.9 Å². The number of amides is 2. The maximum Gasteiger partial charge on any atom is 0.413 e. The summed E-state index contributed by atoms with van der Waals surface area (Å²) in [5.74, 6) is -0.760. The Morgan fingerprint density at radius 2 is 2.02 bits per heavy atom. The molecule has 12 heteroatoms. The number of rotatable bonds is 6. The molecule has 41 heavy (non-hydrogen) atoms. The van der Waals surface area contributed by atoms with Gasteiger partial charge < -0.3 is 9.64 Å². The minimum absolute atomic E-state index is 0.199. The van der Waals surface area contributed by atoms with Crippen molar-refractivity contribution in [1.29, 1.82) is 0 Å². The summed E-state index contributed by atoms with van der Waals surface area (Å²) in [7, 11) is 1.29. The van der Waals surface area contributed by atoms with Gasteiger partial charge in [-0.3, -0.25) is 20.0 Å². The fraction of sp³-hybridized carbons (Fsp3) is 0.276. The van der Waals surface area contributed by atoms with Crippen LogP contribution in [0.3, 0.4) is 0 Å². The summed E-state index contributed by atoms with van der Waals surface area (Å²) in [6.07, 6.45) is 5.92. The third-order valence-corrected chi connectivity index (χ3v) is 8.33. The summed E-state index contributed by atoms with van der Waals surface area (Å²) < 4.78 is 22.2. The molecule has 0 spiro atoms. The second-order valence-electron chi connectivity index (χ2n) is 9.79. The molecule has 6 rings (SSSR count). The first kappa shape index (κ1) is 26.8. The zero-order chi connectivity index (χ0) is 28.5. The molecule has 4 aromatic rings. The first-order chi connectivity index (χ1) is 20.0. The van der Waals surface area contributed by atoms with Crippen LogP contribution >= 0.6 is 11.3 Å². The zero-order valence-corrected chi connectivity index (χ0v) is 23.3. The Bertz CT molecular complexity index is 1630. The molecule has 3 aromatic heterocycles. The largest absolute Gasteiger partial charge is 0.453 e. The van der Waals surface area contributed by atoms with E-state index in [1.807, 2.05) is 18.2 Å². The van der Waals surface area contributed by atoms with Gasteiger partial charge in [-0.15, -0.1) is 6.58 Å². The van der Waals surface area contributed by atoms with E-state index in [0.717, 1.165) is 41.3 Å². The van der Waals surface area contributed by atoms with Gasteiger partial charge in [-0.1, -0.05) is 17.4 Å². The number of nitrogens with zero attached hydrogens (tertiary/aromatic N) is 6. The number of halogens is 1. The standard InChI is InChI=1S/C29H28FN7O3S/c1-3-11-35-12-14-36(15-13-35)27(38)18-6-9-23(21(30)16-18)37-25-20(24(34-37)19-5-4-10-31-17-19)7-8-22-26(25)41-28(32-22)33-29(39)40-2/h3-6,9-10,16-17H,1,7-8,11-15H2,2H3,(H,32,33,39). The molecule has 4 heterocycles. The van der Waals surface area contributed by atoms with Gasteiger partial charge in [0.2, 0.25) is 0 Å². The molecule has 1 aliphatic heterocycles. The van der Waals surface area contributed by atoms with Gasteiger partial charge in [0.15, 0.2) is 5.13 Å². The van der Waals surface area contributed by atoms with E-state index in [4.69, 9.17) is 9.84 Å². The smallest absolute Gasteiger partial charge is 0.413 e. The average molecular weight is 574 g/mol. The number of pyridine rings is 1. The van der Waals surface area contributed by atoms with Crippen molar-refractivity contribution in [3.63, 3.8) is 0 Å². The number of hydrogen-bond donors (Lipinski definition) is 1. The SMILES string of the molecule is C=CCN1CCN(C(=O)c2ccc(-n3nc(-c4cccnc4)c4c3-c3sc(NC(=O)OC)nc3CC4)c(F)c2)CC1. The molecule has 1 aliphatic carbocycles. The Balaban J connectivity index is 1.38. The molecule has 1 N–H and O–H groups in total. The Kier molecular flexibility index (Phi) is 7.33. The summed E-state index contributed by atoms with van der Waals surface area (Å²) in [6.45, 7) is 7.21. The molecule has 0 saturated carbocycles. The molecule has 0 atom stereocenters. The van der Waals surface area contributed by atoms with Crippen molar-refractivity contribution in [1.82, 2.24) is 29.5 Å². The van der Waals surface area contributed by atoms with E-state index in [1.165, 1.54) is 24.5 Å². The predicted octanol–water partition coefficient (Wildman–Crippen LogP) is 4.42. The van der Waals surface area contributed by atoms with E-state index in [0.29, 0.717) is 48.0 Å². The third-order valence-electron chi connectivity index (χ3n) is 7.31. The van der Waals surface area contributed by atoms with Gasteiger partial charge >= 0.3 is 6.09 Å². The first-order valence-corrected chi connectivity index (χ1v) is 14.1. The Hall–Kier alpha value is -4.42. The number of benzene rings is 1. The van der Waals surface area contributed by atoms with Crippen LogP contribution in [0.4, 0.5) is 14.3 Å². The highest BCUT2D eigenvalue weighted by Crippen LogP contribution is 2.44. The molecule has 1 saturated heterocycles. The number of carbonyl (C=O) groups excluding carboxylic acids is 2. The normalized spacial score (nSPS) is 14.7. The summed E-state index contributed by atoms with van der Waals surface area (Å²) in [6, 6.07) is 8.28. The summed E-state index contributed by atoms with van der Waals surface area (Å²) in [4.78, 5) is 38.6. The lowest BCUT2D eigenvalue weighted by Gasteiger charge is -2.34. The first-order valence-electron chi connectivity index (χ1n) is 13.3. The van der Waals surface area contributed by atoms with Crippen LogP contribution < -0.4 is 5.32 Å². The quantitative estimate of drug-likeness (QED) is 0.341. The van der Waals surface area contributed by atoms with Gasteiger partial charge in [0.1, 0.15) is 11.5 Å². The van der Waals surface area contributed by atoms with Crippen molar-refractivity contribution in [2.24, 2.45) is 0 Å². The minimum Gasteiger partial charge on any atom is -0.453 e. The lowest BCUT2D eigenvalue weighted by Crippen LogP contribution is -2.48. The van der Waals surface area contributed by atoms with Crippen LogP contribution in [0, 0.1) is 5.82 Å². The van der Waals surface area contributed by atoms with Crippen molar-refractivity contribution in [3.8, 4) is 27.5 Å². The molecule has 10 nitrogen and oxygen atoms in total. The van der Waals surface area contributed by atoms with Crippen LogP contribution in [0.2, 0.25) is 0 Å². The number of anilines is 1. The topological polar surface area (TPSA) is 105 Å². The molecule has 1 aromatic carbocycles. The van der Waals surface area contributed by atoms with Gasteiger partial charge in [-0.05, 0) is 43.2 Å². The molecule has 0 bridgehead atoms. The molecule has 2 aliphatic rings. The summed E-state index contributed by atoms with van der Waals surface area (Å²) >= 11 is 1.28. The van der Waals surface area contributed by atoms with Crippen molar-refractivity contribution < 1.29 is 18.7 Å². The number of piperazine rings is 1. The molecule has 2 amide bonds. The number of aromatic nitrogens is 4. The van der Waals surface area contributed by atoms with Gasteiger partial charge in [0.05, 0.1) is 29.1 Å². The van der Waals surface area contributed by atoms with Crippen molar-refractivity contribution in [2.45, 2.75) is 12.8 Å². The maximum absolute atomic E-state index is 15.9. The number of ether oxygens (including phenoxy) is 1. The van der Waals surface area contributed by atoms with Gasteiger partial charge in [0.25, 0.3) is 5.91 Å². The van der Waals surface area contributed by atoms with Gasteiger partial charge in [-0.25, -0.2) is 18.9 Å². The molecule has 0 unspecified atom stereocenters. The fourth-order valence-electron chi connectivity index (χ4n) is 5.28. The van der Waals surface area contributed by atoms with E-state index in [9.17, 15) is 9.59 Å². The lowest BCUT2D eigenvalue weighted by atomic mass is 9.95. The highest BCUT2D eigenvalue weighted by atomic mass is 32.1. The zero-order valence-electron chi connectivity index (χ0n) is 22.5. The van der Waals surface area contributed by atoms with E-state index in [2.05, 4.69) is 26.8 Å². The van der Waals surface area contributed by atoms with Crippen molar-refractivity contribution in [2.75, 3.05) is 45.2 Å². The summed E-state index contributed by atoms with van der Waals surface area (Å²) in [5, 5.41) is 7.88. The molecule has 1 fully saturated rings. The van der Waals surface area contributed by atoms with Crippen LogP contribution in [0.15, 0.2) is 55.4 Å². The second-order valence-corrected chi connectivity index (χ2v) is 10.8. The highest BCUT2D eigenvalue weighted by Gasteiger charge is 2.31. The number of carbonyl (C=O) groups is 2. The van der Waals surface area contributed by atoms with E-state index in [1.54, 1.807) is 34.1 Å². The van der Waals surface area contributed by atoms with Crippen molar-refractivity contribution in [3.05, 3.63) is 78.0 Å². The van der Waals surface area contributed by atoms with E-state index in [-0.39, 0.29) is 11.6 Å². The predicted molar refractivity (Wildman–Crippen MR) is 154 cm³/mol. The maximum atomic E-state index is 15.9. The molecule has 0 radical (unpaired) electrons. The van der Waals surface area contributed by atoms with Gasteiger partial charge in [0, 0.05) is 61.8 Å². The minimum atomic E-state index is -0.616. The third kappa shape index (κ3) is 5.11. The number of methoxy groups -OCH3 is 1. The average Bonchev–Trinajstić information content (AvgIpc) is 3.59. The number of nitrogens with one attached hydrogen (secondary N) is 1. The van der Waals surface area contributed by atoms with Crippen LogP contribution in [0.5, 0.6) is 0 Å². The number of fused-ring (bicyclic) bond motifs is 3. The van der Waals surface area contributed by atoms with Crippen LogP contribution in [0.25, 0.3) is 27.5 Å². The van der Waals surface area contributed by atoms with E-state index >= 15 is 4.39 Å². The highest BCUT2D eigenvalue weighted by molar-refractivity contribution is 7.19. The summed E-state index contributed by atoms with van der Waals surface area (Å²) in [5.41, 5.74) is 4.45. The molecular formula is C29H28FN7O3S. The Morgan fingerprint density at radius 3 is 2.73 bits per heavy atom. The lowest BCUT2D eigenvalue weighted by molar-refractivity contribution is 0.0649. The fourth-order valence-corrected chi connectivity index (χ4v) is 6.34. The monoisotopic (exact) mass is 573 g/mol. The number of aryl methyl sites for hydroxylation is 1. The second kappa shape index (κ2) is 11.2. The Morgan fingerprint density at radius 1 is 1.20 bits per heavy atom.